The van der Waals surface area contributed by atoms with Crippen molar-refractivity contribution in [2.75, 3.05) is 0 Å². The summed E-state index contributed by atoms with van der Waals surface area (Å²) in [5.74, 6) is 0.125. The second-order valence-electron chi connectivity index (χ2n) is 6.27. The number of nitrogens with one attached hydrogen (secondary N) is 2. The zero-order valence-corrected chi connectivity index (χ0v) is 12.4. The highest BCUT2D eigenvalue weighted by Crippen LogP contribution is 2.25. The number of carbonyl (C=O) groups is 1. The van der Waals surface area contributed by atoms with Crippen LogP contribution in [0, 0.1) is 0 Å². The van der Waals surface area contributed by atoms with Crippen LogP contribution in [0.2, 0.25) is 0 Å². The Hall–Kier alpha value is -1.35. The van der Waals surface area contributed by atoms with Gasteiger partial charge in [0, 0.05) is 12.1 Å². The summed E-state index contributed by atoms with van der Waals surface area (Å²) in [7, 11) is 0. The highest BCUT2D eigenvalue weighted by atomic mass is 16.2. The number of hydrogen-bond acceptors (Lipinski definition) is 2. The summed E-state index contributed by atoms with van der Waals surface area (Å²) in [4.78, 5) is 12.0. The van der Waals surface area contributed by atoms with Crippen molar-refractivity contribution in [3.05, 3.63) is 34.9 Å². The maximum atomic E-state index is 12.0. The highest BCUT2D eigenvalue weighted by molar-refractivity contribution is 5.81. The van der Waals surface area contributed by atoms with Crippen molar-refractivity contribution in [3.8, 4) is 0 Å². The molecule has 1 aromatic carbocycles. The van der Waals surface area contributed by atoms with Crippen molar-refractivity contribution in [1.29, 1.82) is 0 Å². The van der Waals surface area contributed by atoms with Gasteiger partial charge in [-0.3, -0.25) is 10.1 Å². The van der Waals surface area contributed by atoms with Gasteiger partial charge in [-0.2, -0.15) is 0 Å². The molecule has 0 bridgehead atoms. The molecule has 3 rings (SSSR count). The number of amides is 1. The lowest BCUT2D eigenvalue weighted by Crippen LogP contribution is -2.43. The van der Waals surface area contributed by atoms with Crippen molar-refractivity contribution in [3.63, 3.8) is 0 Å². The fraction of sp³-hybridized carbons (Fsp3) is 0.588. The molecule has 0 aromatic heterocycles. The van der Waals surface area contributed by atoms with Gasteiger partial charge in [-0.15, -0.1) is 0 Å². The SMILES string of the molecule is CC(NC(C)c1ccc2c(c1)CCC2)C(=O)NC1CC1. The lowest BCUT2D eigenvalue weighted by molar-refractivity contribution is -0.123. The maximum Gasteiger partial charge on any atom is 0.237 e. The maximum absolute atomic E-state index is 12.0. The Labute approximate surface area is 121 Å². The summed E-state index contributed by atoms with van der Waals surface area (Å²) in [5, 5.41) is 6.46. The quantitative estimate of drug-likeness (QED) is 0.864. The molecule has 2 N–H and O–H groups in total. The molecule has 0 spiro atoms. The monoisotopic (exact) mass is 272 g/mol. The van der Waals surface area contributed by atoms with Crippen molar-refractivity contribution in [1.82, 2.24) is 10.6 Å². The smallest absolute Gasteiger partial charge is 0.237 e. The minimum atomic E-state index is -0.140. The first-order valence-corrected chi connectivity index (χ1v) is 7.81. The minimum Gasteiger partial charge on any atom is -0.352 e. The predicted molar refractivity (Wildman–Crippen MR) is 80.6 cm³/mol. The number of rotatable bonds is 5. The van der Waals surface area contributed by atoms with E-state index in [1.54, 1.807) is 0 Å². The van der Waals surface area contributed by atoms with Crippen LogP contribution >= 0.6 is 0 Å². The molecule has 20 heavy (non-hydrogen) atoms. The van der Waals surface area contributed by atoms with E-state index in [0.29, 0.717) is 6.04 Å². The van der Waals surface area contributed by atoms with Gasteiger partial charge in [0.05, 0.1) is 6.04 Å². The molecule has 1 amide bonds. The first-order chi connectivity index (χ1) is 9.63. The van der Waals surface area contributed by atoms with Gasteiger partial charge in [-0.1, -0.05) is 18.2 Å². The van der Waals surface area contributed by atoms with Crippen LogP contribution in [0.4, 0.5) is 0 Å². The fourth-order valence-corrected chi connectivity index (χ4v) is 2.96. The van der Waals surface area contributed by atoms with E-state index in [-0.39, 0.29) is 18.0 Å². The van der Waals surface area contributed by atoms with Gasteiger partial charge in [0.25, 0.3) is 0 Å². The van der Waals surface area contributed by atoms with Gasteiger partial charge in [0.1, 0.15) is 0 Å². The molecule has 2 unspecified atom stereocenters. The van der Waals surface area contributed by atoms with Crippen molar-refractivity contribution < 1.29 is 4.79 Å². The Bertz CT molecular complexity index is 508. The van der Waals surface area contributed by atoms with Crippen molar-refractivity contribution >= 4 is 5.91 Å². The average molecular weight is 272 g/mol. The third-order valence-electron chi connectivity index (χ3n) is 4.44. The zero-order valence-electron chi connectivity index (χ0n) is 12.4. The Morgan fingerprint density at radius 2 is 1.95 bits per heavy atom. The molecular formula is C17H24N2O. The molecule has 1 saturated carbocycles. The second kappa shape index (κ2) is 5.57. The molecule has 1 aromatic rings. The van der Waals surface area contributed by atoms with E-state index >= 15 is 0 Å². The molecule has 2 atom stereocenters. The summed E-state index contributed by atoms with van der Waals surface area (Å²) in [6, 6.07) is 7.27. The van der Waals surface area contributed by atoms with E-state index in [9.17, 15) is 4.79 Å². The minimum absolute atomic E-state index is 0.125. The van der Waals surface area contributed by atoms with Gasteiger partial charge in [0.15, 0.2) is 0 Å². The van der Waals surface area contributed by atoms with E-state index in [2.05, 4.69) is 35.8 Å². The first kappa shape index (κ1) is 13.6. The first-order valence-electron chi connectivity index (χ1n) is 7.81. The molecular weight excluding hydrogens is 248 g/mol. The molecule has 1 fully saturated rings. The third kappa shape index (κ3) is 3.04. The van der Waals surface area contributed by atoms with Crippen LogP contribution in [0.3, 0.4) is 0 Å². The Kier molecular flexibility index (Phi) is 3.79. The van der Waals surface area contributed by atoms with Gasteiger partial charge < -0.3 is 5.32 Å². The second-order valence-corrected chi connectivity index (χ2v) is 6.27. The summed E-state index contributed by atoms with van der Waals surface area (Å²) in [5.41, 5.74) is 4.28. The molecule has 0 radical (unpaired) electrons. The lowest BCUT2D eigenvalue weighted by atomic mass is 10.0. The largest absolute Gasteiger partial charge is 0.352 e. The van der Waals surface area contributed by atoms with E-state index in [1.165, 1.54) is 36.0 Å². The molecule has 108 valence electrons. The highest BCUT2D eigenvalue weighted by Gasteiger charge is 2.26. The molecule has 0 heterocycles. The lowest BCUT2D eigenvalue weighted by Gasteiger charge is -2.20. The van der Waals surface area contributed by atoms with Crippen LogP contribution in [0.5, 0.6) is 0 Å². The van der Waals surface area contributed by atoms with Crippen molar-refractivity contribution in [2.24, 2.45) is 0 Å². The van der Waals surface area contributed by atoms with Gasteiger partial charge in [-0.05, 0) is 62.6 Å². The van der Waals surface area contributed by atoms with Crippen molar-refractivity contribution in [2.45, 2.75) is 64.1 Å². The number of aryl methyl sites for hydroxylation is 2. The van der Waals surface area contributed by atoms with Gasteiger partial charge >= 0.3 is 0 Å². The van der Waals surface area contributed by atoms with E-state index < -0.39 is 0 Å². The van der Waals surface area contributed by atoms with Crippen LogP contribution in [0.25, 0.3) is 0 Å². The van der Waals surface area contributed by atoms with Crippen LogP contribution in [0.15, 0.2) is 18.2 Å². The molecule has 3 nitrogen and oxygen atoms in total. The summed E-state index contributed by atoms with van der Waals surface area (Å²) < 4.78 is 0. The Morgan fingerprint density at radius 1 is 1.20 bits per heavy atom. The summed E-state index contributed by atoms with van der Waals surface area (Å²) in [6.07, 6.45) is 5.98. The summed E-state index contributed by atoms with van der Waals surface area (Å²) in [6.45, 7) is 4.08. The van der Waals surface area contributed by atoms with E-state index in [4.69, 9.17) is 0 Å². The average Bonchev–Trinajstić information content (AvgIpc) is 3.12. The Morgan fingerprint density at radius 3 is 2.70 bits per heavy atom. The van der Waals surface area contributed by atoms with Gasteiger partial charge in [-0.25, -0.2) is 0 Å². The van der Waals surface area contributed by atoms with Crippen LogP contribution < -0.4 is 10.6 Å². The number of carbonyl (C=O) groups excluding carboxylic acids is 1. The topological polar surface area (TPSA) is 41.1 Å². The predicted octanol–water partition coefficient (Wildman–Crippen LogP) is 2.49. The zero-order chi connectivity index (χ0) is 14.1. The number of hydrogen-bond donors (Lipinski definition) is 2. The van der Waals surface area contributed by atoms with Crippen LogP contribution in [0.1, 0.15) is 55.8 Å². The third-order valence-corrected chi connectivity index (χ3v) is 4.44. The van der Waals surface area contributed by atoms with E-state index in [0.717, 1.165) is 12.8 Å². The van der Waals surface area contributed by atoms with E-state index in [1.807, 2.05) is 6.92 Å². The normalized spacial score (nSPS) is 20.3. The fourth-order valence-electron chi connectivity index (χ4n) is 2.96. The Balaban J connectivity index is 1.60. The molecule has 0 aliphatic heterocycles. The van der Waals surface area contributed by atoms with Gasteiger partial charge in [0.2, 0.25) is 5.91 Å². The van der Waals surface area contributed by atoms with Crippen LogP contribution in [-0.4, -0.2) is 18.0 Å². The molecule has 2 aliphatic rings. The standard InChI is InChI=1S/C17H24N2O/c1-11(18-12(2)17(20)19-16-8-9-16)14-7-6-13-4-3-5-15(13)10-14/h6-7,10-12,16,18H,3-5,8-9H2,1-2H3,(H,19,20). The number of fused-ring (bicyclic) bond motifs is 1. The summed E-state index contributed by atoms with van der Waals surface area (Å²) >= 11 is 0. The molecule has 2 aliphatic carbocycles. The molecule has 3 heteroatoms. The van der Waals surface area contributed by atoms with Crippen LogP contribution in [-0.2, 0) is 17.6 Å². The number of benzene rings is 1. The molecule has 0 saturated heterocycles.